The molecular weight excluding hydrogens is 250 g/mol. The Morgan fingerprint density at radius 2 is 1.75 bits per heavy atom. The fraction of sp³-hybridized carbons (Fsp3) is 1.00. The molecule has 2 N–H and O–H groups in total. The highest BCUT2D eigenvalue weighted by Crippen LogP contribution is 2.38. The molecule has 118 valence electrons. The first-order chi connectivity index (χ1) is 9.16. The van der Waals surface area contributed by atoms with Gasteiger partial charge in [-0.2, -0.15) is 0 Å². The van der Waals surface area contributed by atoms with Crippen molar-refractivity contribution >= 4 is 0 Å². The van der Waals surface area contributed by atoms with Crippen molar-refractivity contribution in [2.75, 3.05) is 6.54 Å². The predicted molar refractivity (Wildman–Crippen MR) is 82.8 cm³/mol. The van der Waals surface area contributed by atoms with Gasteiger partial charge in [0.05, 0.1) is 16.8 Å². The van der Waals surface area contributed by atoms with Crippen LogP contribution in [-0.2, 0) is 4.74 Å². The average molecular weight is 283 g/mol. The summed E-state index contributed by atoms with van der Waals surface area (Å²) < 4.78 is 6.11. The molecule has 1 heterocycles. The van der Waals surface area contributed by atoms with Crippen LogP contribution >= 0.6 is 0 Å². The number of ether oxygens (including phenoxy) is 1. The van der Waals surface area contributed by atoms with Gasteiger partial charge in [0.2, 0.25) is 0 Å². The monoisotopic (exact) mass is 283 g/mol. The molecule has 1 aliphatic heterocycles. The van der Waals surface area contributed by atoms with Crippen LogP contribution in [0.15, 0.2) is 0 Å². The number of hydrogen-bond donors (Lipinski definition) is 2. The Balaban J connectivity index is 1.86. The minimum atomic E-state index is -0.505. The lowest BCUT2D eigenvalue weighted by atomic mass is 9.77. The van der Waals surface area contributed by atoms with E-state index in [0.29, 0.717) is 12.6 Å². The molecule has 1 aliphatic carbocycles. The maximum atomic E-state index is 10.7. The molecule has 3 nitrogen and oxygen atoms in total. The Bertz CT molecular complexity index is 330. The summed E-state index contributed by atoms with van der Waals surface area (Å²) in [5, 5.41) is 14.3. The summed E-state index contributed by atoms with van der Waals surface area (Å²) in [4.78, 5) is 0. The quantitative estimate of drug-likeness (QED) is 0.832. The highest BCUT2D eigenvalue weighted by atomic mass is 16.5. The van der Waals surface area contributed by atoms with Crippen LogP contribution in [0.2, 0.25) is 0 Å². The molecule has 1 saturated carbocycles. The van der Waals surface area contributed by atoms with Gasteiger partial charge in [0.15, 0.2) is 0 Å². The largest absolute Gasteiger partial charge is 0.389 e. The molecule has 1 unspecified atom stereocenters. The summed E-state index contributed by atoms with van der Waals surface area (Å²) in [6.45, 7) is 11.6. The summed E-state index contributed by atoms with van der Waals surface area (Å²) >= 11 is 0. The van der Waals surface area contributed by atoms with Crippen molar-refractivity contribution in [3.8, 4) is 0 Å². The molecule has 0 spiro atoms. The molecule has 0 amide bonds. The Labute approximate surface area is 124 Å². The van der Waals surface area contributed by atoms with E-state index in [4.69, 9.17) is 4.74 Å². The molecule has 1 atom stereocenters. The average Bonchev–Trinajstić information content (AvgIpc) is 2.55. The maximum absolute atomic E-state index is 10.7. The van der Waals surface area contributed by atoms with Gasteiger partial charge in [-0.1, -0.05) is 13.3 Å². The lowest BCUT2D eigenvalue weighted by molar-refractivity contribution is -0.0723. The van der Waals surface area contributed by atoms with Crippen LogP contribution in [0.3, 0.4) is 0 Å². The van der Waals surface area contributed by atoms with Crippen molar-refractivity contribution in [2.24, 2.45) is 5.92 Å². The van der Waals surface area contributed by atoms with E-state index in [2.05, 4.69) is 39.9 Å². The zero-order valence-electron chi connectivity index (χ0n) is 14.0. The zero-order chi connectivity index (χ0) is 15.0. The van der Waals surface area contributed by atoms with Gasteiger partial charge < -0.3 is 15.2 Å². The van der Waals surface area contributed by atoms with Gasteiger partial charge in [0.1, 0.15) is 0 Å². The second-order valence-electron chi connectivity index (χ2n) is 8.18. The van der Waals surface area contributed by atoms with E-state index in [9.17, 15) is 5.11 Å². The first-order valence-corrected chi connectivity index (χ1v) is 8.32. The molecule has 0 radical (unpaired) electrons. The first kappa shape index (κ1) is 16.3. The van der Waals surface area contributed by atoms with E-state index >= 15 is 0 Å². The van der Waals surface area contributed by atoms with Gasteiger partial charge >= 0.3 is 0 Å². The normalized spacial score (nSPS) is 39.9. The lowest BCUT2D eigenvalue weighted by Gasteiger charge is -2.38. The van der Waals surface area contributed by atoms with Crippen LogP contribution in [0.5, 0.6) is 0 Å². The Kier molecular flexibility index (Phi) is 4.54. The van der Waals surface area contributed by atoms with Crippen LogP contribution in [0.25, 0.3) is 0 Å². The number of nitrogens with one attached hydrogen (secondary N) is 1. The molecule has 2 aliphatic rings. The summed E-state index contributed by atoms with van der Waals surface area (Å²) in [6.07, 6.45) is 6.48. The first-order valence-electron chi connectivity index (χ1n) is 8.32. The standard InChI is InChI=1S/C17H33NO2/c1-6-13-7-9-17(19,10-8-13)12-18-14-11-15(2,3)20-16(14,4)5/h13-14,18-19H,6-12H2,1-5H3. The molecule has 0 aromatic rings. The van der Waals surface area contributed by atoms with Crippen molar-refractivity contribution in [1.29, 1.82) is 0 Å². The Hall–Kier alpha value is -0.120. The third-order valence-electron chi connectivity index (χ3n) is 5.36. The molecule has 2 fully saturated rings. The minimum Gasteiger partial charge on any atom is -0.389 e. The Morgan fingerprint density at radius 1 is 1.15 bits per heavy atom. The van der Waals surface area contributed by atoms with Gasteiger partial charge in [-0.05, 0) is 65.7 Å². The van der Waals surface area contributed by atoms with Crippen LogP contribution in [-0.4, -0.2) is 34.5 Å². The summed E-state index contributed by atoms with van der Waals surface area (Å²) in [5.74, 6) is 0.820. The van der Waals surface area contributed by atoms with Gasteiger partial charge in [-0.15, -0.1) is 0 Å². The number of aliphatic hydroxyl groups is 1. The van der Waals surface area contributed by atoms with E-state index in [-0.39, 0.29) is 11.2 Å². The predicted octanol–water partition coefficient (Wildman–Crippen LogP) is 3.25. The van der Waals surface area contributed by atoms with E-state index < -0.39 is 5.60 Å². The third kappa shape index (κ3) is 3.75. The van der Waals surface area contributed by atoms with Crippen molar-refractivity contribution in [3.63, 3.8) is 0 Å². The van der Waals surface area contributed by atoms with Gasteiger partial charge in [0, 0.05) is 12.6 Å². The molecule has 0 aromatic heterocycles. The van der Waals surface area contributed by atoms with Crippen LogP contribution in [0.1, 0.15) is 73.1 Å². The maximum Gasteiger partial charge on any atom is 0.0787 e. The van der Waals surface area contributed by atoms with E-state index in [1.54, 1.807) is 0 Å². The van der Waals surface area contributed by atoms with E-state index in [1.807, 2.05) is 0 Å². The van der Waals surface area contributed by atoms with Gasteiger partial charge in [-0.25, -0.2) is 0 Å². The Morgan fingerprint density at radius 3 is 2.20 bits per heavy atom. The lowest BCUT2D eigenvalue weighted by Crippen LogP contribution is -2.51. The minimum absolute atomic E-state index is 0.0658. The topological polar surface area (TPSA) is 41.5 Å². The number of hydrogen-bond acceptors (Lipinski definition) is 3. The van der Waals surface area contributed by atoms with Crippen LogP contribution in [0, 0.1) is 5.92 Å². The fourth-order valence-electron chi connectivity index (χ4n) is 3.99. The molecular formula is C17H33NO2. The fourth-order valence-corrected chi connectivity index (χ4v) is 3.99. The molecule has 1 saturated heterocycles. The number of rotatable bonds is 4. The molecule has 3 heteroatoms. The summed E-state index contributed by atoms with van der Waals surface area (Å²) in [6, 6.07) is 0.324. The van der Waals surface area contributed by atoms with Crippen molar-refractivity contribution < 1.29 is 9.84 Å². The molecule has 20 heavy (non-hydrogen) atoms. The molecule has 0 aromatic carbocycles. The highest BCUT2D eigenvalue weighted by Gasteiger charge is 2.46. The zero-order valence-corrected chi connectivity index (χ0v) is 14.0. The van der Waals surface area contributed by atoms with Gasteiger partial charge in [-0.3, -0.25) is 0 Å². The third-order valence-corrected chi connectivity index (χ3v) is 5.36. The van der Waals surface area contributed by atoms with Crippen LogP contribution in [0.4, 0.5) is 0 Å². The van der Waals surface area contributed by atoms with E-state index in [1.165, 1.54) is 19.3 Å². The second-order valence-corrected chi connectivity index (χ2v) is 8.18. The van der Waals surface area contributed by atoms with Gasteiger partial charge in [0.25, 0.3) is 0 Å². The van der Waals surface area contributed by atoms with Crippen LogP contribution < -0.4 is 5.32 Å². The summed E-state index contributed by atoms with van der Waals surface area (Å²) in [7, 11) is 0. The molecule has 0 bridgehead atoms. The second kappa shape index (κ2) is 5.58. The smallest absolute Gasteiger partial charge is 0.0787 e. The molecule has 2 rings (SSSR count). The summed E-state index contributed by atoms with van der Waals surface area (Å²) in [5.41, 5.74) is -0.724. The van der Waals surface area contributed by atoms with Crippen molar-refractivity contribution in [3.05, 3.63) is 0 Å². The highest BCUT2D eigenvalue weighted by molar-refractivity contribution is 5.00. The van der Waals surface area contributed by atoms with E-state index in [0.717, 1.165) is 25.2 Å². The van der Waals surface area contributed by atoms with Crippen molar-refractivity contribution in [2.45, 2.75) is 96.0 Å². The SMILES string of the molecule is CCC1CCC(O)(CNC2CC(C)(C)OC2(C)C)CC1. The van der Waals surface area contributed by atoms with Crippen molar-refractivity contribution in [1.82, 2.24) is 5.32 Å².